The van der Waals surface area contributed by atoms with Crippen LogP contribution < -0.4 is 14.8 Å². The van der Waals surface area contributed by atoms with Crippen molar-refractivity contribution in [3.8, 4) is 11.5 Å². The van der Waals surface area contributed by atoms with Crippen LogP contribution in [0.3, 0.4) is 0 Å². The topological polar surface area (TPSA) is 30.5 Å². The largest absolute Gasteiger partial charge is 0.494 e. The van der Waals surface area contributed by atoms with E-state index >= 15 is 0 Å². The molecule has 0 aliphatic carbocycles. The van der Waals surface area contributed by atoms with E-state index in [4.69, 9.17) is 9.47 Å². The Morgan fingerprint density at radius 3 is 2.06 bits per heavy atom. The number of benzene rings is 1. The van der Waals surface area contributed by atoms with Crippen LogP contribution >= 0.6 is 0 Å². The summed E-state index contributed by atoms with van der Waals surface area (Å²) in [6.45, 7) is 4.75. The van der Waals surface area contributed by atoms with Crippen molar-refractivity contribution in [2.24, 2.45) is 0 Å². The molecule has 1 rings (SSSR count). The quantitative estimate of drug-likeness (QED) is 0.648. The molecule has 0 unspecified atom stereocenters. The molecule has 0 atom stereocenters. The third-order valence-electron chi connectivity index (χ3n) is 2.64. The van der Waals surface area contributed by atoms with Crippen LogP contribution in [-0.4, -0.2) is 26.8 Å². The Morgan fingerprint density at radius 2 is 1.50 bits per heavy atom. The standard InChI is InChI=1S/C15H25NO2/c1-3-12-17-14-7-9-15(10-8-14)18-13-6-4-5-11-16-2/h7-10,16H,3-6,11-13H2,1-2H3. The van der Waals surface area contributed by atoms with E-state index in [0.717, 1.165) is 44.1 Å². The first-order chi connectivity index (χ1) is 8.86. The molecular formula is C15H25NO2. The van der Waals surface area contributed by atoms with Crippen LogP contribution in [0, 0.1) is 0 Å². The van der Waals surface area contributed by atoms with Crippen LogP contribution in [0.4, 0.5) is 0 Å². The first kappa shape index (κ1) is 14.8. The molecule has 0 saturated heterocycles. The van der Waals surface area contributed by atoms with Crippen LogP contribution in [0.15, 0.2) is 24.3 Å². The summed E-state index contributed by atoms with van der Waals surface area (Å²) >= 11 is 0. The minimum absolute atomic E-state index is 0.770. The molecule has 3 heteroatoms. The zero-order valence-electron chi connectivity index (χ0n) is 11.6. The third-order valence-corrected chi connectivity index (χ3v) is 2.64. The van der Waals surface area contributed by atoms with E-state index in [1.807, 2.05) is 31.3 Å². The Bertz CT molecular complexity index is 298. The summed E-state index contributed by atoms with van der Waals surface area (Å²) in [6.07, 6.45) is 4.56. The number of unbranched alkanes of at least 4 members (excludes halogenated alkanes) is 2. The molecule has 1 aromatic rings. The Morgan fingerprint density at radius 1 is 0.889 bits per heavy atom. The molecule has 0 aliphatic heterocycles. The van der Waals surface area contributed by atoms with Gasteiger partial charge in [-0.15, -0.1) is 0 Å². The van der Waals surface area contributed by atoms with Crippen molar-refractivity contribution in [3.05, 3.63) is 24.3 Å². The van der Waals surface area contributed by atoms with Crippen molar-refractivity contribution in [2.45, 2.75) is 32.6 Å². The lowest BCUT2D eigenvalue weighted by Gasteiger charge is -2.08. The van der Waals surface area contributed by atoms with Gasteiger partial charge in [-0.25, -0.2) is 0 Å². The van der Waals surface area contributed by atoms with E-state index < -0.39 is 0 Å². The van der Waals surface area contributed by atoms with Gasteiger partial charge >= 0.3 is 0 Å². The zero-order chi connectivity index (χ0) is 13.1. The summed E-state index contributed by atoms with van der Waals surface area (Å²) in [4.78, 5) is 0. The smallest absolute Gasteiger partial charge is 0.119 e. The van der Waals surface area contributed by atoms with Crippen LogP contribution in [0.1, 0.15) is 32.6 Å². The third kappa shape index (κ3) is 6.50. The summed E-state index contributed by atoms with van der Waals surface area (Å²) in [5, 5.41) is 3.14. The van der Waals surface area contributed by atoms with Crippen molar-refractivity contribution < 1.29 is 9.47 Å². The van der Waals surface area contributed by atoms with Gasteiger partial charge in [0.1, 0.15) is 11.5 Å². The normalized spacial score (nSPS) is 10.3. The summed E-state index contributed by atoms with van der Waals surface area (Å²) < 4.78 is 11.2. The highest BCUT2D eigenvalue weighted by atomic mass is 16.5. The molecule has 0 fully saturated rings. The maximum atomic E-state index is 5.67. The number of nitrogens with one attached hydrogen (secondary N) is 1. The monoisotopic (exact) mass is 251 g/mol. The van der Waals surface area contributed by atoms with E-state index in [0.29, 0.717) is 0 Å². The summed E-state index contributed by atoms with van der Waals surface area (Å²) in [5.74, 6) is 1.84. The van der Waals surface area contributed by atoms with Gasteiger partial charge in [0.25, 0.3) is 0 Å². The fourth-order valence-electron chi connectivity index (χ4n) is 1.62. The van der Waals surface area contributed by atoms with Gasteiger partial charge in [0, 0.05) is 0 Å². The van der Waals surface area contributed by atoms with Gasteiger partial charge in [0.05, 0.1) is 13.2 Å². The summed E-state index contributed by atoms with van der Waals surface area (Å²) in [7, 11) is 1.98. The molecule has 0 heterocycles. The van der Waals surface area contributed by atoms with Gasteiger partial charge < -0.3 is 14.8 Å². The second-order valence-corrected chi connectivity index (χ2v) is 4.33. The van der Waals surface area contributed by atoms with Crippen molar-refractivity contribution in [1.82, 2.24) is 5.32 Å². The lowest BCUT2D eigenvalue weighted by molar-refractivity contribution is 0.301. The molecular weight excluding hydrogens is 226 g/mol. The minimum Gasteiger partial charge on any atom is -0.494 e. The molecule has 102 valence electrons. The van der Waals surface area contributed by atoms with E-state index in [-0.39, 0.29) is 0 Å². The van der Waals surface area contributed by atoms with Gasteiger partial charge in [-0.1, -0.05) is 6.92 Å². The Labute approximate surface area is 110 Å². The van der Waals surface area contributed by atoms with E-state index in [2.05, 4.69) is 12.2 Å². The van der Waals surface area contributed by atoms with Gasteiger partial charge in [-0.3, -0.25) is 0 Å². The predicted molar refractivity (Wildman–Crippen MR) is 75.5 cm³/mol. The van der Waals surface area contributed by atoms with Crippen molar-refractivity contribution in [1.29, 1.82) is 0 Å². The second-order valence-electron chi connectivity index (χ2n) is 4.33. The van der Waals surface area contributed by atoms with Crippen LogP contribution in [0.25, 0.3) is 0 Å². The molecule has 3 nitrogen and oxygen atoms in total. The average molecular weight is 251 g/mol. The lowest BCUT2D eigenvalue weighted by atomic mass is 10.2. The fourth-order valence-corrected chi connectivity index (χ4v) is 1.62. The first-order valence-electron chi connectivity index (χ1n) is 6.87. The number of hydrogen-bond donors (Lipinski definition) is 1. The Balaban J connectivity index is 2.14. The van der Waals surface area contributed by atoms with Gasteiger partial charge in [0.15, 0.2) is 0 Å². The first-order valence-corrected chi connectivity index (χ1v) is 6.87. The molecule has 18 heavy (non-hydrogen) atoms. The second kappa shape index (κ2) is 9.77. The highest BCUT2D eigenvalue weighted by molar-refractivity contribution is 5.31. The van der Waals surface area contributed by atoms with Gasteiger partial charge in [0.2, 0.25) is 0 Å². The highest BCUT2D eigenvalue weighted by Crippen LogP contribution is 2.18. The van der Waals surface area contributed by atoms with Crippen molar-refractivity contribution in [3.63, 3.8) is 0 Å². The molecule has 0 amide bonds. The van der Waals surface area contributed by atoms with E-state index in [1.165, 1.54) is 12.8 Å². The molecule has 0 radical (unpaired) electrons. The van der Waals surface area contributed by atoms with Crippen LogP contribution in [-0.2, 0) is 0 Å². The molecule has 0 bridgehead atoms. The number of rotatable bonds is 10. The fraction of sp³-hybridized carbons (Fsp3) is 0.600. The van der Waals surface area contributed by atoms with Gasteiger partial charge in [-0.05, 0) is 63.5 Å². The number of hydrogen-bond acceptors (Lipinski definition) is 3. The van der Waals surface area contributed by atoms with E-state index in [1.54, 1.807) is 0 Å². The van der Waals surface area contributed by atoms with Crippen LogP contribution in [0.5, 0.6) is 11.5 Å². The lowest BCUT2D eigenvalue weighted by Crippen LogP contribution is -2.07. The van der Waals surface area contributed by atoms with Crippen molar-refractivity contribution in [2.75, 3.05) is 26.8 Å². The molecule has 0 aliphatic rings. The van der Waals surface area contributed by atoms with Gasteiger partial charge in [-0.2, -0.15) is 0 Å². The maximum absolute atomic E-state index is 5.67. The molecule has 1 N–H and O–H groups in total. The Kier molecular flexibility index (Phi) is 8.06. The zero-order valence-corrected chi connectivity index (χ0v) is 11.6. The molecule has 1 aromatic carbocycles. The summed E-state index contributed by atoms with van der Waals surface area (Å²) in [5.41, 5.74) is 0. The maximum Gasteiger partial charge on any atom is 0.119 e. The molecule has 0 spiro atoms. The molecule has 0 saturated carbocycles. The average Bonchev–Trinajstić information content (AvgIpc) is 2.42. The molecule has 0 aromatic heterocycles. The van der Waals surface area contributed by atoms with Crippen molar-refractivity contribution >= 4 is 0 Å². The van der Waals surface area contributed by atoms with Crippen LogP contribution in [0.2, 0.25) is 0 Å². The number of ether oxygens (including phenoxy) is 2. The minimum atomic E-state index is 0.770. The Hall–Kier alpha value is -1.22. The van der Waals surface area contributed by atoms with E-state index in [9.17, 15) is 0 Å². The predicted octanol–water partition coefficient (Wildman–Crippen LogP) is 3.24. The SMILES string of the molecule is CCCOc1ccc(OCCCCCNC)cc1. The highest BCUT2D eigenvalue weighted by Gasteiger charge is 1.96. The summed E-state index contributed by atoms with van der Waals surface area (Å²) in [6, 6.07) is 7.87.